The highest BCUT2D eigenvalue weighted by atomic mass is 19.3. The van der Waals surface area contributed by atoms with Crippen molar-refractivity contribution in [3.8, 4) is 0 Å². The zero-order chi connectivity index (χ0) is 15.0. The summed E-state index contributed by atoms with van der Waals surface area (Å²) in [6.45, 7) is 7.65. The second-order valence-electron chi connectivity index (χ2n) is 6.64. The fourth-order valence-corrected chi connectivity index (χ4v) is 2.25. The quantitative estimate of drug-likeness (QED) is 0.841. The van der Waals surface area contributed by atoms with Gasteiger partial charge in [-0.1, -0.05) is 0 Å². The summed E-state index contributed by atoms with van der Waals surface area (Å²) in [5, 5.41) is 0. The molecule has 0 bridgehead atoms. The van der Waals surface area contributed by atoms with Crippen LogP contribution in [0.4, 0.5) is 8.78 Å². The first kappa shape index (κ1) is 14.0. The van der Waals surface area contributed by atoms with E-state index < -0.39 is 36.2 Å². The molecule has 1 atom stereocenters. The van der Waals surface area contributed by atoms with E-state index in [2.05, 4.69) is 0 Å². The number of alkyl halides is 2. The topological polar surface area (TPSA) is 57.6 Å². The molecule has 2 aliphatic rings. The van der Waals surface area contributed by atoms with Crippen molar-refractivity contribution in [3.63, 3.8) is 0 Å². The second kappa shape index (κ2) is 3.64. The largest absolute Gasteiger partial charge is 0.532 e. The Kier molecular flexibility index (Phi) is 2.55. The molecule has 2 heterocycles. The smallest absolute Gasteiger partial charge is 0.467 e. The summed E-state index contributed by atoms with van der Waals surface area (Å²) < 4.78 is 43.6. The van der Waals surface area contributed by atoms with Crippen molar-refractivity contribution in [2.24, 2.45) is 5.73 Å². The molecule has 0 radical (unpaired) electrons. The second-order valence-corrected chi connectivity index (χ2v) is 6.64. The highest BCUT2D eigenvalue weighted by molar-refractivity contribution is 6.60. The van der Waals surface area contributed by atoms with Crippen LogP contribution in [0.1, 0.15) is 39.9 Å². The number of nitrogens with two attached hydrogens (primary N) is 1. The average Bonchev–Trinajstić information content (AvgIpc) is 2.68. The summed E-state index contributed by atoms with van der Waals surface area (Å²) >= 11 is 0. The summed E-state index contributed by atoms with van der Waals surface area (Å²) in [4.78, 5) is 0. The van der Waals surface area contributed by atoms with Crippen LogP contribution in [0.15, 0.2) is 16.5 Å². The van der Waals surface area contributed by atoms with Gasteiger partial charge in [0.25, 0.3) is 5.92 Å². The van der Waals surface area contributed by atoms with E-state index in [0.717, 1.165) is 0 Å². The van der Waals surface area contributed by atoms with Gasteiger partial charge >= 0.3 is 7.12 Å². The van der Waals surface area contributed by atoms with Crippen LogP contribution < -0.4 is 11.4 Å². The minimum Gasteiger partial charge on any atom is -0.467 e. The van der Waals surface area contributed by atoms with Gasteiger partial charge in [-0.2, -0.15) is 0 Å². The molecule has 7 heteroatoms. The molecule has 0 aromatic carbocycles. The van der Waals surface area contributed by atoms with Crippen molar-refractivity contribution in [1.29, 1.82) is 0 Å². The monoisotopic (exact) mass is 285 g/mol. The molecule has 1 aliphatic carbocycles. The lowest BCUT2D eigenvalue weighted by atomic mass is 9.86. The molecule has 1 saturated heterocycles. The minimum atomic E-state index is -2.90. The summed E-state index contributed by atoms with van der Waals surface area (Å²) in [5.74, 6) is -2.83. The van der Waals surface area contributed by atoms with Crippen molar-refractivity contribution < 1.29 is 22.5 Å². The number of hydrogen-bond donors (Lipinski definition) is 1. The first-order valence-corrected chi connectivity index (χ1v) is 6.61. The molecule has 2 N–H and O–H groups in total. The SMILES string of the molecule is CC1(C)OB(c2ccc(C3(N)CC3(F)F)o2)OC1(C)C. The van der Waals surface area contributed by atoms with E-state index >= 15 is 0 Å². The van der Waals surface area contributed by atoms with Crippen LogP contribution in [0.3, 0.4) is 0 Å². The fourth-order valence-electron chi connectivity index (χ4n) is 2.25. The number of hydrogen-bond acceptors (Lipinski definition) is 4. The molecule has 1 saturated carbocycles. The van der Waals surface area contributed by atoms with Crippen molar-refractivity contribution in [2.45, 2.75) is 56.8 Å². The van der Waals surface area contributed by atoms with Crippen LogP contribution in [0.2, 0.25) is 0 Å². The summed E-state index contributed by atoms with van der Waals surface area (Å²) in [7, 11) is -0.704. The lowest BCUT2D eigenvalue weighted by Gasteiger charge is -2.32. The van der Waals surface area contributed by atoms with Gasteiger partial charge in [0.15, 0.2) is 0 Å². The summed E-state index contributed by atoms with van der Waals surface area (Å²) in [6.07, 6.45) is -0.393. The molecule has 20 heavy (non-hydrogen) atoms. The van der Waals surface area contributed by atoms with Gasteiger partial charge in [0, 0.05) is 6.42 Å². The predicted octanol–water partition coefficient (Wildman–Crippen LogP) is 1.77. The van der Waals surface area contributed by atoms with Crippen molar-refractivity contribution in [3.05, 3.63) is 17.9 Å². The highest BCUT2D eigenvalue weighted by Crippen LogP contribution is 2.57. The Bertz CT molecular complexity index is 542. The first-order chi connectivity index (χ1) is 8.99. The molecule has 1 aromatic rings. The predicted molar refractivity (Wildman–Crippen MR) is 69.9 cm³/mol. The Balaban J connectivity index is 1.83. The maximum Gasteiger partial charge on any atom is 0.532 e. The van der Waals surface area contributed by atoms with Gasteiger partial charge in [-0.25, -0.2) is 8.78 Å². The number of halogens is 2. The van der Waals surface area contributed by atoms with Crippen molar-refractivity contribution in [1.82, 2.24) is 0 Å². The van der Waals surface area contributed by atoms with E-state index in [9.17, 15) is 8.78 Å². The van der Waals surface area contributed by atoms with E-state index in [1.165, 1.54) is 6.07 Å². The van der Waals surface area contributed by atoms with E-state index in [-0.39, 0.29) is 5.76 Å². The minimum absolute atomic E-state index is 0.0761. The molecule has 0 amide bonds. The molecule has 1 aliphatic heterocycles. The van der Waals surface area contributed by atoms with Gasteiger partial charge in [0.05, 0.1) is 11.2 Å². The Labute approximate surface area is 116 Å². The van der Waals surface area contributed by atoms with E-state index in [0.29, 0.717) is 5.66 Å². The van der Waals surface area contributed by atoms with Gasteiger partial charge in [-0.15, -0.1) is 0 Å². The molecule has 110 valence electrons. The summed E-state index contributed by atoms with van der Waals surface area (Å²) in [5.41, 5.74) is 3.31. The Morgan fingerprint density at radius 3 is 2.05 bits per heavy atom. The van der Waals surface area contributed by atoms with Crippen LogP contribution >= 0.6 is 0 Å². The van der Waals surface area contributed by atoms with E-state index in [1.54, 1.807) is 6.07 Å². The third kappa shape index (κ3) is 1.76. The standard InChI is InChI=1S/C13H18BF2NO3/c1-10(2)11(3,4)20-14(19-10)9-6-5-8(18-9)12(17)7-13(12,15)16/h5-6H,7,17H2,1-4H3. The zero-order valence-electron chi connectivity index (χ0n) is 12.0. The normalized spacial score (nSPS) is 33.5. The molecule has 2 fully saturated rings. The highest BCUT2D eigenvalue weighted by Gasteiger charge is 2.72. The molecular formula is C13H18BF2NO3. The van der Waals surface area contributed by atoms with Crippen LogP contribution in [0, 0.1) is 0 Å². The average molecular weight is 285 g/mol. The number of rotatable bonds is 2. The van der Waals surface area contributed by atoms with Crippen LogP contribution in [-0.2, 0) is 14.8 Å². The summed E-state index contributed by atoms with van der Waals surface area (Å²) in [6, 6.07) is 3.06. The lowest BCUT2D eigenvalue weighted by molar-refractivity contribution is 0.00578. The molecule has 1 unspecified atom stereocenters. The van der Waals surface area contributed by atoms with E-state index in [1.807, 2.05) is 27.7 Å². The fraction of sp³-hybridized carbons (Fsp3) is 0.692. The van der Waals surface area contributed by atoms with Crippen LogP contribution in [0.5, 0.6) is 0 Å². The van der Waals surface area contributed by atoms with Crippen LogP contribution in [0.25, 0.3) is 0 Å². The molecule has 1 aromatic heterocycles. The molecule has 4 nitrogen and oxygen atoms in total. The third-order valence-electron chi connectivity index (χ3n) is 4.58. The van der Waals surface area contributed by atoms with Gasteiger partial charge in [0.2, 0.25) is 0 Å². The van der Waals surface area contributed by atoms with E-state index in [4.69, 9.17) is 19.5 Å². The Morgan fingerprint density at radius 1 is 1.10 bits per heavy atom. The van der Waals surface area contributed by atoms with Crippen LogP contribution in [-0.4, -0.2) is 24.2 Å². The van der Waals surface area contributed by atoms with Gasteiger partial charge in [-0.05, 0) is 39.8 Å². The molecular weight excluding hydrogens is 267 g/mol. The Morgan fingerprint density at radius 2 is 1.60 bits per heavy atom. The van der Waals surface area contributed by atoms with Crippen molar-refractivity contribution >= 4 is 12.8 Å². The molecule has 0 spiro atoms. The first-order valence-electron chi connectivity index (χ1n) is 6.61. The van der Waals surface area contributed by atoms with Gasteiger partial charge < -0.3 is 19.5 Å². The zero-order valence-corrected chi connectivity index (χ0v) is 12.0. The van der Waals surface area contributed by atoms with Crippen molar-refractivity contribution in [2.75, 3.05) is 0 Å². The van der Waals surface area contributed by atoms with Gasteiger partial charge in [0.1, 0.15) is 17.0 Å². The number of furan rings is 1. The third-order valence-corrected chi connectivity index (χ3v) is 4.58. The molecule has 3 rings (SSSR count). The Hall–Kier alpha value is -0.915. The van der Waals surface area contributed by atoms with Gasteiger partial charge in [-0.3, -0.25) is 0 Å². The lowest BCUT2D eigenvalue weighted by Crippen LogP contribution is -2.41. The maximum atomic E-state index is 13.3. The maximum absolute atomic E-state index is 13.3.